The standard InChI is InChI=1S/C11H14BrNO/c1-8(14-3)9-5-4-6-11(13-2)10(9)7-12/h4-6,13H,1,7H2,2-3H3. The van der Waals surface area contributed by atoms with Gasteiger partial charge in [-0.25, -0.2) is 0 Å². The molecule has 1 aromatic carbocycles. The van der Waals surface area contributed by atoms with Crippen molar-refractivity contribution in [3.8, 4) is 0 Å². The number of alkyl halides is 1. The first-order chi connectivity index (χ1) is 6.74. The molecule has 0 aliphatic carbocycles. The van der Waals surface area contributed by atoms with E-state index in [0.717, 1.165) is 16.6 Å². The monoisotopic (exact) mass is 255 g/mol. The summed E-state index contributed by atoms with van der Waals surface area (Å²) < 4.78 is 5.14. The van der Waals surface area contributed by atoms with Crippen LogP contribution in [0, 0.1) is 0 Å². The van der Waals surface area contributed by atoms with Crippen LogP contribution in [0.15, 0.2) is 24.8 Å². The Hall–Kier alpha value is -0.960. The summed E-state index contributed by atoms with van der Waals surface area (Å²) in [6, 6.07) is 6.02. The average molecular weight is 256 g/mol. The Morgan fingerprint density at radius 2 is 2.29 bits per heavy atom. The van der Waals surface area contributed by atoms with Crippen LogP contribution in [0.3, 0.4) is 0 Å². The van der Waals surface area contributed by atoms with Gasteiger partial charge in [-0.1, -0.05) is 34.6 Å². The van der Waals surface area contributed by atoms with Crippen LogP contribution in [-0.2, 0) is 10.1 Å². The molecule has 3 heteroatoms. The highest BCUT2D eigenvalue weighted by Gasteiger charge is 2.08. The van der Waals surface area contributed by atoms with Crippen molar-refractivity contribution >= 4 is 27.4 Å². The number of anilines is 1. The Bertz CT molecular complexity index is 336. The molecule has 0 atom stereocenters. The maximum absolute atomic E-state index is 5.14. The highest BCUT2D eigenvalue weighted by Crippen LogP contribution is 2.27. The number of hydrogen-bond donors (Lipinski definition) is 1. The molecule has 0 radical (unpaired) electrons. The topological polar surface area (TPSA) is 21.3 Å². The zero-order chi connectivity index (χ0) is 10.6. The van der Waals surface area contributed by atoms with E-state index in [1.807, 2.05) is 25.2 Å². The normalized spacial score (nSPS) is 9.64. The molecule has 76 valence electrons. The molecule has 1 rings (SSSR count). The van der Waals surface area contributed by atoms with E-state index in [-0.39, 0.29) is 0 Å². The lowest BCUT2D eigenvalue weighted by Gasteiger charge is -2.13. The minimum absolute atomic E-state index is 0.691. The largest absolute Gasteiger partial charge is 0.497 e. The summed E-state index contributed by atoms with van der Waals surface area (Å²) in [5.74, 6) is 0.691. The first-order valence-corrected chi connectivity index (χ1v) is 5.45. The zero-order valence-corrected chi connectivity index (χ0v) is 10.0. The van der Waals surface area contributed by atoms with Gasteiger partial charge in [-0.3, -0.25) is 0 Å². The maximum Gasteiger partial charge on any atom is 0.119 e. The van der Waals surface area contributed by atoms with E-state index in [9.17, 15) is 0 Å². The Kier molecular flexibility index (Phi) is 4.01. The minimum Gasteiger partial charge on any atom is -0.497 e. The summed E-state index contributed by atoms with van der Waals surface area (Å²) in [5, 5.41) is 3.92. The van der Waals surface area contributed by atoms with E-state index >= 15 is 0 Å². The van der Waals surface area contributed by atoms with Crippen LogP contribution in [0.4, 0.5) is 5.69 Å². The van der Waals surface area contributed by atoms with E-state index in [1.165, 1.54) is 5.56 Å². The Morgan fingerprint density at radius 3 is 2.79 bits per heavy atom. The van der Waals surface area contributed by atoms with Gasteiger partial charge in [0.2, 0.25) is 0 Å². The predicted octanol–water partition coefficient (Wildman–Crippen LogP) is 3.24. The van der Waals surface area contributed by atoms with Gasteiger partial charge in [0, 0.05) is 23.6 Å². The van der Waals surface area contributed by atoms with Gasteiger partial charge in [-0.15, -0.1) is 0 Å². The minimum atomic E-state index is 0.691. The van der Waals surface area contributed by atoms with Gasteiger partial charge in [0.05, 0.1) is 7.11 Å². The summed E-state index contributed by atoms with van der Waals surface area (Å²) >= 11 is 3.46. The fraction of sp³-hybridized carbons (Fsp3) is 0.273. The summed E-state index contributed by atoms with van der Waals surface area (Å²) in [5.41, 5.74) is 3.30. The first kappa shape index (κ1) is 11.1. The van der Waals surface area contributed by atoms with E-state index in [1.54, 1.807) is 7.11 Å². The van der Waals surface area contributed by atoms with Gasteiger partial charge in [-0.05, 0) is 11.6 Å². The summed E-state index contributed by atoms with van der Waals surface area (Å²) in [6.45, 7) is 3.86. The molecule has 0 unspecified atom stereocenters. The third kappa shape index (κ3) is 2.10. The highest BCUT2D eigenvalue weighted by molar-refractivity contribution is 9.08. The first-order valence-electron chi connectivity index (χ1n) is 4.33. The van der Waals surface area contributed by atoms with Gasteiger partial charge in [0.1, 0.15) is 5.76 Å². The summed E-state index contributed by atoms with van der Waals surface area (Å²) in [6.07, 6.45) is 0. The van der Waals surface area contributed by atoms with Crippen LogP contribution in [0.2, 0.25) is 0 Å². The SMILES string of the molecule is C=C(OC)c1cccc(NC)c1CBr. The van der Waals surface area contributed by atoms with E-state index in [4.69, 9.17) is 4.74 Å². The van der Waals surface area contributed by atoms with Crippen molar-refractivity contribution < 1.29 is 4.74 Å². The number of benzene rings is 1. The molecule has 0 bridgehead atoms. The van der Waals surface area contributed by atoms with Crippen LogP contribution in [-0.4, -0.2) is 14.2 Å². The van der Waals surface area contributed by atoms with Crippen LogP contribution in [0.25, 0.3) is 5.76 Å². The molecule has 0 saturated heterocycles. The molecule has 2 nitrogen and oxygen atoms in total. The van der Waals surface area contributed by atoms with Crippen molar-refractivity contribution in [1.82, 2.24) is 0 Å². The van der Waals surface area contributed by atoms with Crippen LogP contribution >= 0.6 is 15.9 Å². The lowest BCUT2D eigenvalue weighted by Crippen LogP contribution is -1.98. The Balaban J connectivity index is 3.21. The lowest BCUT2D eigenvalue weighted by atomic mass is 10.1. The molecule has 1 aromatic rings. The van der Waals surface area contributed by atoms with Crippen LogP contribution in [0.1, 0.15) is 11.1 Å². The molecular weight excluding hydrogens is 242 g/mol. The fourth-order valence-corrected chi connectivity index (χ4v) is 1.94. The lowest BCUT2D eigenvalue weighted by molar-refractivity contribution is 0.371. The molecule has 0 spiro atoms. The molecule has 14 heavy (non-hydrogen) atoms. The van der Waals surface area contributed by atoms with Crippen molar-refractivity contribution in [2.45, 2.75) is 5.33 Å². The molecule has 0 saturated carbocycles. The van der Waals surface area contributed by atoms with Crippen molar-refractivity contribution in [3.05, 3.63) is 35.9 Å². The van der Waals surface area contributed by atoms with Gasteiger partial charge in [0.15, 0.2) is 0 Å². The number of hydrogen-bond acceptors (Lipinski definition) is 2. The van der Waals surface area contributed by atoms with Gasteiger partial charge in [0.25, 0.3) is 0 Å². The quantitative estimate of drug-likeness (QED) is 0.659. The average Bonchev–Trinajstić information content (AvgIpc) is 2.26. The number of rotatable bonds is 4. The van der Waals surface area contributed by atoms with Crippen molar-refractivity contribution in [3.63, 3.8) is 0 Å². The second-order valence-corrected chi connectivity index (χ2v) is 3.40. The summed E-state index contributed by atoms with van der Waals surface area (Å²) in [4.78, 5) is 0. The van der Waals surface area contributed by atoms with Gasteiger partial charge < -0.3 is 10.1 Å². The third-order valence-corrected chi connectivity index (χ3v) is 2.69. The second-order valence-electron chi connectivity index (χ2n) is 2.84. The van der Waals surface area contributed by atoms with E-state index in [2.05, 4.69) is 27.8 Å². The van der Waals surface area contributed by atoms with Gasteiger partial charge >= 0.3 is 0 Å². The fourth-order valence-electron chi connectivity index (χ4n) is 1.34. The second kappa shape index (κ2) is 5.05. The van der Waals surface area contributed by atoms with Crippen molar-refractivity contribution in [2.24, 2.45) is 0 Å². The number of ether oxygens (including phenoxy) is 1. The maximum atomic E-state index is 5.14. The molecule has 1 N–H and O–H groups in total. The molecule has 0 aliphatic heterocycles. The van der Waals surface area contributed by atoms with Gasteiger partial charge in [-0.2, -0.15) is 0 Å². The predicted molar refractivity (Wildman–Crippen MR) is 64.7 cm³/mol. The van der Waals surface area contributed by atoms with Crippen molar-refractivity contribution in [1.29, 1.82) is 0 Å². The van der Waals surface area contributed by atoms with Crippen LogP contribution < -0.4 is 5.32 Å². The molecule has 0 heterocycles. The number of nitrogens with one attached hydrogen (secondary N) is 1. The third-order valence-electron chi connectivity index (χ3n) is 2.13. The van der Waals surface area contributed by atoms with E-state index in [0.29, 0.717) is 5.76 Å². The number of halogens is 1. The summed E-state index contributed by atoms with van der Waals surface area (Å²) in [7, 11) is 3.53. The molecular formula is C11H14BrNO. The zero-order valence-electron chi connectivity index (χ0n) is 8.43. The Morgan fingerprint density at radius 1 is 1.57 bits per heavy atom. The van der Waals surface area contributed by atoms with Crippen LogP contribution in [0.5, 0.6) is 0 Å². The molecule has 0 amide bonds. The molecule has 0 aromatic heterocycles. The smallest absolute Gasteiger partial charge is 0.119 e. The molecule has 0 aliphatic rings. The van der Waals surface area contributed by atoms with Crippen molar-refractivity contribution in [2.75, 3.05) is 19.5 Å². The molecule has 0 fully saturated rings. The van der Waals surface area contributed by atoms with E-state index < -0.39 is 0 Å². The Labute approximate surface area is 93.1 Å². The number of methoxy groups -OCH3 is 1. The highest BCUT2D eigenvalue weighted by atomic mass is 79.9.